The number of para-hydroxylation sites is 2. The van der Waals surface area contributed by atoms with Gasteiger partial charge in [-0.25, -0.2) is 4.79 Å². The molecule has 0 aromatic heterocycles. The smallest absolute Gasteiger partial charge is 0.339 e. The summed E-state index contributed by atoms with van der Waals surface area (Å²) in [6.45, 7) is 0. The summed E-state index contributed by atoms with van der Waals surface area (Å²) in [6.07, 6.45) is 0. The second kappa shape index (κ2) is 5.71. The van der Waals surface area contributed by atoms with Crippen LogP contribution in [0.25, 0.3) is 0 Å². The van der Waals surface area contributed by atoms with Gasteiger partial charge in [0.2, 0.25) is 5.75 Å². The van der Waals surface area contributed by atoms with Crippen molar-refractivity contribution in [3.63, 3.8) is 0 Å². The lowest BCUT2D eigenvalue weighted by atomic mass is 10.1. The van der Waals surface area contributed by atoms with Crippen LogP contribution in [-0.2, 0) is 0 Å². The molecule has 7 nitrogen and oxygen atoms in total. The first kappa shape index (κ1) is 14.0. The third-order valence-electron chi connectivity index (χ3n) is 2.64. The van der Waals surface area contributed by atoms with E-state index in [1.165, 1.54) is 36.4 Å². The number of hydrogen-bond donors (Lipinski definition) is 1. The van der Waals surface area contributed by atoms with Gasteiger partial charge in [-0.05, 0) is 24.3 Å². The van der Waals surface area contributed by atoms with Gasteiger partial charge in [0.05, 0.1) is 4.92 Å². The highest BCUT2D eigenvalue weighted by Crippen LogP contribution is 2.35. The molecule has 2 aromatic carbocycles. The molecule has 21 heavy (non-hydrogen) atoms. The predicted molar refractivity (Wildman–Crippen MR) is 71.3 cm³/mol. The van der Waals surface area contributed by atoms with Crippen molar-refractivity contribution in [3.05, 3.63) is 63.7 Å². The average Bonchev–Trinajstić information content (AvgIpc) is 2.47. The molecule has 0 spiro atoms. The molecule has 0 saturated carbocycles. The van der Waals surface area contributed by atoms with E-state index in [1.54, 1.807) is 12.1 Å². The molecular weight excluding hydrogens is 276 g/mol. The van der Waals surface area contributed by atoms with Crippen LogP contribution in [0.5, 0.6) is 11.5 Å². The number of carbonyl (C=O) groups is 1. The van der Waals surface area contributed by atoms with Crippen LogP contribution in [0.1, 0.15) is 15.9 Å². The summed E-state index contributed by atoms with van der Waals surface area (Å²) in [5, 5.41) is 29.0. The van der Waals surface area contributed by atoms with Crippen LogP contribution in [-0.4, -0.2) is 16.0 Å². The number of nitrogens with zero attached hydrogens (tertiary/aromatic N) is 2. The zero-order chi connectivity index (χ0) is 15.4. The van der Waals surface area contributed by atoms with Crippen molar-refractivity contribution in [1.82, 2.24) is 0 Å². The van der Waals surface area contributed by atoms with Gasteiger partial charge in [0.25, 0.3) is 0 Å². The molecule has 2 rings (SSSR count). The monoisotopic (exact) mass is 284 g/mol. The maximum atomic E-state index is 11.1. The second-order valence-corrected chi connectivity index (χ2v) is 3.92. The molecule has 0 aliphatic carbocycles. The summed E-state index contributed by atoms with van der Waals surface area (Å²) in [6, 6.07) is 11.5. The summed E-state index contributed by atoms with van der Waals surface area (Å²) < 4.78 is 5.33. The number of ether oxygens (including phenoxy) is 1. The Bertz CT molecular complexity index is 764. The van der Waals surface area contributed by atoms with Gasteiger partial charge in [-0.15, -0.1) is 0 Å². The Kier molecular flexibility index (Phi) is 3.81. The number of nitro benzene ring substituents is 1. The normalized spacial score (nSPS) is 9.67. The first-order chi connectivity index (χ1) is 10.0. The Balaban J connectivity index is 2.53. The fraction of sp³-hybridized carbons (Fsp3) is 0. The Labute approximate surface area is 118 Å². The van der Waals surface area contributed by atoms with Gasteiger partial charge in [0, 0.05) is 0 Å². The number of carboxylic acid groups (broad SMARTS) is 1. The van der Waals surface area contributed by atoms with Gasteiger partial charge < -0.3 is 9.84 Å². The minimum absolute atomic E-state index is 0.0387. The highest BCUT2D eigenvalue weighted by Gasteiger charge is 2.22. The van der Waals surface area contributed by atoms with Crippen molar-refractivity contribution in [1.29, 1.82) is 5.26 Å². The lowest BCUT2D eigenvalue weighted by molar-refractivity contribution is -0.385. The topological polar surface area (TPSA) is 113 Å². The van der Waals surface area contributed by atoms with Gasteiger partial charge in [-0.2, -0.15) is 5.26 Å². The molecule has 0 heterocycles. The van der Waals surface area contributed by atoms with Crippen LogP contribution in [0.4, 0.5) is 5.69 Å². The number of hydrogen-bond acceptors (Lipinski definition) is 5. The van der Waals surface area contributed by atoms with E-state index in [2.05, 4.69) is 0 Å². The number of nitro groups is 1. The number of carboxylic acids is 1. The minimum atomic E-state index is -1.22. The van der Waals surface area contributed by atoms with E-state index in [9.17, 15) is 14.9 Å². The summed E-state index contributed by atoms with van der Waals surface area (Å²) >= 11 is 0. The van der Waals surface area contributed by atoms with Crippen LogP contribution in [0, 0.1) is 21.4 Å². The van der Waals surface area contributed by atoms with E-state index in [4.69, 9.17) is 15.1 Å². The van der Waals surface area contributed by atoms with E-state index < -0.39 is 16.6 Å². The molecule has 0 saturated heterocycles. The van der Waals surface area contributed by atoms with E-state index in [0.29, 0.717) is 0 Å². The van der Waals surface area contributed by atoms with E-state index >= 15 is 0 Å². The van der Waals surface area contributed by atoms with Crippen molar-refractivity contribution in [2.45, 2.75) is 0 Å². The lowest BCUT2D eigenvalue weighted by Gasteiger charge is -2.09. The second-order valence-electron chi connectivity index (χ2n) is 3.92. The quantitative estimate of drug-likeness (QED) is 0.682. The number of nitriles is 1. The standard InChI is InChI=1S/C14H8N2O5/c15-8-9-4-3-7-12(13(9)16(19)20)21-11-6-2-1-5-10(11)14(17)18/h1-7H,(H,17,18). The fourth-order valence-corrected chi connectivity index (χ4v) is 1.73. The van der Waals surface area contributed by atoms with Crippen molar-refractivity contribution in [2.75, 3.05) is 0 Å². The highest BCUT2D eigenvalue weighted by atomic mass is 16.6. The Morgan fingerprint density at radius 2 is 1.86 bits per heavy atom. The van der Waals surface area contributed by atoms with Crippen LogP contribution in [0.2, 0.25) is 0 Å². The van der Waals surface area contributed by atoms with Crippen molar-refractivity contribution in [2.24, 2.45) is 0 Å². The molecule has 7 heteroatoms. The summed E-state index contributed by atoms with van der Waals surface area (Å²) in [4.78, 5) is 21.4. The fourth-order valence-electron chi connectivity index (χ4n) is 1.73. The summed E-state index contributed by atoms with van der Waals surface area (Å²) in [7, 11) is 0. The summed E-state index contributed by atoms with van der Waals surface area (Å²) in [5.41, 5.74) is -0.792. The van der Waals surface area contributed by atoms with Gasteiger partial charge in [0.1, 0.15) is 22.9 Å². The number of benzene rings is 2. The van der Waals surface area contributed by atoms with Crippen molar-refractivity contribution in [3.8, 4) is 17.6 Å². The molecule has 0 aliphatic rings. The number of aromatic carboxylic acids is 1. The molecule has 0 atom stereocenters. The van der Waals surface area contributed by atoms with Crippen LogP contribution >= 0.6 is 0 Å². The SMILES string of the molecule is N#Cc1cccc(Oc2ccccc2C(=O)O)c1[N+](=O)[O-]. The first-order valence-corrected chi connectivity index (χ1v) is 5.72. The van der Waals surface area contributed by atoms with Crippen molar-refractivity contribution >= 4 is 11.7 Å². The van der Waals surface area contributed by atoms with Crippen LogP contribution < -0.4 is 4.74 Å². The van der Waals surface area contributed by atoms with Gasteiger partial charge >= 0.3 is 11.7 Å². The zero-order valence-corrected chi connectivity index (χ0v) is 10.5. The average molecular weight is 284 g/mol. The lowest BCUT2D eigenvalue weighted by Crippen LogP contribution is -2.01. The predicted octanol–water partition coefficient (Wildman–Crippen LogP) is 2.96. The molecule has 2 aromatic rings. The zero-order valence-electron chi connectivity index (χ0n) is 10.5. The van der Waals surface area contributed by atoms with E-state index in [-0.39, 0.29) is 22.6 Å². The Morgan fingerprint density at radius 3 is 2.48 bits per heavy atom. The number of rotatable bonds is 4. The molecule has 0 bridgehead atoms. The van der Waals surface area contributed by atoms with Gasteiger partial charge in [0.15, 0.2) is 0 Å². The molecule has 0 radical (unpaired) electrons. The third kappa shape index (κ3) is 2.79. The largest absolute Gasteiger partial charge is 0.478 e. The van der Waals surface area contributed by atoms with Crippen LogP contribution in [0.3, 0.4) is 0 Å². The minimum Gasteiger partial charge on any atom is -0.478 e. The van der Waals surface area contributed by atoms with Crippen LogP contribution in [0.15, 0.2) is 42.5 Å². The third-order valence-corrected chi connectivity index (χ3v) is 2.64. The molecule has 0 fully saturated rings. The summed E-state index contributed by atoms with van der Waals surface area (Å²) in [5.74, 6) is -1.44. The molecule has 1 N–H and O–H groups in total. The maximum absolute atomic E-state index is 11.1. The molecule has 0 amide bonds. The van der Waals surface area contributed by atoms with E-state index in [0.717, 1.165) is 0 Å². The molecule has 0 unspecified atom stereocenters. The van der Waals surface area contributed by atoms with Crippen molar-refractivity contribution < 1.29 is 19.6 Å². The molecular formula is C14H8N2O5. The van der Waals surface area contributed by atoms with Gasteiger partial charge in [-0.3, -0.25) is 10.1 Å². The highest BCUT2D eigenvalue weighted by molar-refractivity contribution is 5.91. The first-order valence-electron chi connectivity index (χ1n) is 5.72. The van der Waals surface area contributed by atoms with Gasteiger partial charge in [-0.1, -0.05) is 18.2 Å². The Morgan fingerprint density at radius 1 is 1.19 bits per heavy atom. The molecule has 0 aliphatic heterocycles. The Hall–Kier alpha value is -3.40. The maximum Gasteiger partial charge on any atom is 0.339 e. The van der Waals surface area contributed by atoms with E-state index in [1.807, 2.05) is 0 Å². The molecule has 104 valence electrons.